The largest absolute Gasteiger partial charge is 0.353 e. The van der Waals surface area contributed by atoms with Crippen LogP contribution in [0.2, 0.25) is 10.0 Å². The van der Waals surface area contributed by atoms with Gasteiger partial charge in [0.1, 0.15) is 0 Å². The van der Waals surface area contributed by atoms with E-state index < -0.39 is 0 Å². The number of benzene rings is 1. The first kappa shape index (κ1) is 15.1. The van der Waals surface area contributed by atoms with E-state index in [-0.39, 0.29) is 5.91 Å². The van der Waals surface area contributed by atoms with Crippen molar-refractivity contribution in [1.29, 1.82) is 0 Å². The van der Waals surface area contributed by atoms with E-state index in [4.69, 9.17) is 23.2 Å². The van der Waals surface area contributed by atoms with Gasteiger partial charge in [-0.2, -0.15) is 0 Å². The molecule has 0 radical (unpaired) electrons. The van der Waals surface area contributed by atoms with Gasteiger partial charge < -0.3 is 5.32 Å². The average Bonchev–Trinajstić information content (AvgIpc) is 2.27. The minimum atomic E-state index is -0.133. The van der Waals surface area contributed by atoms with Crippen LogP contribution >= 0.6 is 23.2 Å². The first-order valence-corrected chi connectivity index (χ1v) is 6.66. The van der Waals surface area contributed by atoms with Gasteiger partial charge in [-0.25, -0.2) is 0 Å². The fourth-order valence-corrected chi connectivity index (χ4v) is 1.90. The number of nitrogens with one attached hydrogen (secondary N) is 1. The van der Waals surface area contributed by atoms with Gasteiger partial charge in [0.15, 0.2) is 0 Å². The summed E-state index contributed by atoms with van der Waals surface area (Å²) in [6, 6.07) is 5.25. The monoisotopic (exact) mass is 285 g/mol. The second-order valence-electron chi connectivity index (χ2n) is 4.44. The van der Waals surface area contributed by atoms with Crippen LogP contribution in [0.25, 0.3) is 6.08 Å². The molecule has 0 spiro atoms. The number of hydrogen-bond donors (Lipinski definition) is 1. The Morgan fingerprint density at radius 2 is 1.94 bits per heavy atom. The lowest BCUT2D eigenvalue weighted by Crippen LogP contribution is -2.23. The van der Waals surface area contributed by atoms with Gasteiger partial charge in [-0.15, -0.1) is 0 Å². The van der Waals surface area contributed by atoms with Gasteiger partial charge in [0.2, 0.25) is 5.91 Å². The van der Waals surface area contributed by atoms with E-state index in [1.54, 1.807) is 24.3 Å². The summed E-state index contributed by atoms with van der Waals surface area (Å²) in [4.78, 5) is 11.5. The Hall–Kier alpha value is -0.990. The van der Waals surface area contributed by atoms with E-state index in [2.05, 4.69) is 19.2 Å². The molecule has 18 heavy (non-hydrogen) atoms. The van der Waals surface area contributed by atoms with Crippen molar-refractivity contribution in [1.82, 2.24) is 5.32 Å². The molecule has 0 fully saturated rings. The third kappa shape index (κ3) is 5.11. The fourth-order valence-electron chi connectivity index (χ4n) is 1.37. The first-order chi connectivity index (χ1) is 8.50. The van der Waals surface area contributed by atoms with E-state index in [0.29, 0.717) is 28.1 Å². The molecule has 1 aromatic carbocycles. The van der Waals surface area contributed by atoms with Crippen molar-refractivity contribution in [3.63, 3.8) is 0 Å². The lowest BCUT2D eigenvalue weighted by molar-refractivity contribution is -0.116. The second-order valence-corrected chi connectivity index (χ2v) is 5.26. The summed E-state index contributed by atoms with van der Waals surface area (Å²) in [6.45, 7) is 4.91. The van der Waals surface area contributed by atoms with Crippen LogP contribution in [-0.2, 0) is 4.79 Å². The van der Waals surface area contributed by atoms with E-state index in [0.717, 1.165) is 6.42 Å². The maximum Gasteiger partial charge on any atom is 0.244 e. The molecule has 4 heteroatoms. The second kappa shape index (κ2) is 7.45. The molecule has 0 saturated carbocycles. The maximum atomic E-state index is 11.5. The zero-order valence-electron chi connectivity index (χ0n) is 10.5. The molecular weight excluding hydrogens is 269 g/mol. The molecule has 0 aliphatic carbocycles. The SMILES string of the molecule is CC(C)CCNC(=O)C=Cc1c(Cl)cccc1Cl. The van der Waals surface area contributed by atoms with Gasteiger partial charge >= 0.3 is 0 Å². The molecule has 0 unspecified atom stereocenters. The van der Waals surface area contributed by atoms with E-state index >= 15 is 0 Å². The topological polar surface area (TPSA) is 29.1 Å². The molecule has 0 aliphatic rings. The summed E-state index contributed by atoms with van der Waals surface area (Å²) in [6.07, 6.45) is 4.05. The maximum absolute atomic E-state index is 11.5. The van der Waals surface area contributed by atoms with Crippen LogP contribution < -0.4 is 5.32 Å². The average molecular weight is 286 g/mol. The van der Waals surface area contributed by atoms with Crippen LogP contribution in [0, 0.1) is 5.92 Å². The Morgan fingerprint density at radius 1 is 1.33 bits per heavy atom. The van der Waals surface area contributed by atoms with Gasteiger partial charge in [0, 0.05) is 28.2 Å². The molecule has 0 aromatic heterocycles. The third-order valence-corrected chi connectivity index (χ3v) is 3.08. The minimum Gasteiger partial charge on any atom is -0.353 e. The minimum absolute atomic E-state index is 0.133. The van der Waals surface area contributed by atoms with Crippen molar-refractivity contribution in [2.45, 2.75) is 20.3 Å². The molecular formula is C14H17Cl2NO. The molecule has 0 saturated heterocycles. The van der Waals surface area contributed by atoms with E-state index in [1.165, 1.54) is 6.08 Å². The van der Waals surface area contributed by atoms with Crippen molar-refractivity contribution < 1.29 is 4.79 Å². The standard InChI is InChI=1S/C14H17Cl2NO/c1-10(2)8-9-17-14(18)7-6-11-12(15)4-3-5-13(11)16/h3-7,10H,8-9H2,1-2H3,(H,17,18). The first-order valence-electron chi connectivity index (χ1n) is 5.90. The molecule has 0 aliphatic heterocycles. The zero-order valence-corrected chi connectivity index (χ0v) is 12.1. The highest BCUT2D eigenvalue weighted by Gasteiger charge is 2.02. The van der Waals surface area contributed by atoms with Gasteiger partial charge in [0.25, 0.3) is 0 Å². The number of carbonyl (C=O) groups is 1. The molecule has 1 N–H and O–H groups in total. The number of halogens is 2. The predicted molar refractivity (Wildman–Crippen MR) is 78.0 cm³/mol. The summed E-state index contributed by atoms with van der Waals surface area (Å²) in [5, 5.41) is 3.88. The summed E-state index contributed by atoms with van der Waals surface area (Å²) < 4.78 is 0. The quantitative estimate of drug-likeness (QED) is 0.809. The van der Waals surface area contributed by atoms with Gasteiger partial charge in [0.05, 0.1) is 0 Å². The molecule has 1 aromatic rings. The van der Waals surface area contributed by atoms with Crippen molar-refractivity contribution in [2.75, 3.05) is 6.54 Å². The van der Waals surface area contributed by atoms with Gasteiger partial charge in [-0.05, 0) is 30.5 Å². The smallest absolute Gasteiger partial charge is 0.244 e. The molecule has 1 amide bonds. The lowest BCUT2D eigenvalue weighted by atomic mass is 10.1. The van der Waals surface area contributed by atoms with Crippen LogP contribution in [0.1, 0.15) is 25.8 Å². The predicted octanol–water partition coefficient (Wildman–Crippen LogP) is 4.17. The molecule has 0 atom stereocenters. The Morgan fingerprint density at radius 3 is 2.50 bits per heavy atom. The van der Waals surface area contributed by atoms with Crippen molar-refractivity contribution in [3.05, 3.63) is 39.9 Å². The Balaban J connectivity index is 2.56. The fraction of sp³-hybridized carbons (Fsp3) is 0.357. The van der Waals surface area contributed by atoms with Crippen LogP contribution in [0.4, 0.5) is 0 Å². The van der Waals surface area contributed by atoms with Crippen molar-refractivity contribution in [3.8, 4) is 0 Å². The molecule has 2 nitrogen and oxygen atoms in total. The van der Waals surface area contributed by atoms with Crippen molar-refractivity contribution >= 4 is 35.2 Å². The van der Waals surface area contributed by atoms with Gasteiger partial charge in [-0.1, -0.05) is 43.1 Å². The Kier molecular flexibility index (Phi) is 6.23. The van der Waals surface area contributed by atoms with E-state index in [1.807, 2.05) is 0 Å². The third-order valence-electron chi connectivity index (χ3n) is 2.42. The highest BCUT2D eigenvalue weighted by atomic mass is 35.5. The van der Waals surface area contributed by atoms with E-state index in [9.17, 15) is 4.79 Å². The summed E-state index contributed by atoms with van der Waals surface area (Å²) in [5.74, 6) is 0.443. The molecule has 0 bridgehead atoms. The van der Waals surface area contributed by atoms with Gasteiger partial charge in [-0.3, -0.25) is 4.79 Å². The summed E-state index contributed by atoms with van der Waals surface area (Å²) in [5.41, 5.74) is 0.667. The molecule has 0 heterocycles. The Labute approximate surface area is 118 Å². The van der Waals surface area contributed by atoms with Crippen LogP contribution in [0.3, 0.4) is 0 Å². The summed E-state index contributed by atoms with van der Waals surface area (Å²) >= 11 is 12.0. The molecule has 1 rings (SSSR count). The number of rotatable bonds is 5. The number of hydrogen-bond acceptors (Lipinski definition) is 1. The van der Waals surface area contributed by atoms with Crippen LogP contribution in [0.15, 0.2) is 24.3 Å². The zero-order chi connectivity index (χ0) is 13.5. The number of carbonyl (C=O) groups excluding carboxylic acids is 1. The highest BCUT2D eigenvalue weighted by Crippen LogP contribution is 2.25. The summed E-state index contributed by atoms with van der Waals surface area (Å²) in [7, 11) is 0. The molecule has 98 valence electrons. The van der Waals surface area contributed by atoms with Crippen molar-refractivity contribution in [2.24, 2.45) is 5.92 Å². The highest BCUT2D eigenvalue weighted by molar-refractivity contribution is 6.37. The van der Waals surface area contributed by atoms with Crippen LogP contribution in [-0.4, -0.2) is 12.5 Å². The lowest BCUT2D eigenvalue weighted by Gasteiger charge is -2.05. The van der Waals surface area contributed by atoms with Crippen LogP contribution in [0.5, 0.6) is 0 Å². The Bertz CT molecular complexity index is 421. The normalized spacial score (nSPS) is 11.2. The number of amides is 1.